The minimum absolute atomic E-state index is 0.00413. The molecule has 11 N–H and O–H groups in total. The lowest BCUT2D eigenvalue weighted by atomic mass is 10.1. The largest absolute Gasteiger partial charge is 0.387 e. The van der Waals surface area contributed by atoms with Crippen LogP contribution in [0.25, 0.3) is 22.3 Å². The van der Waals surface area contributed by atoms with E-state index in [1.54, 1.807) is 0 Å². The molecule has 3 fully saturated rings. The summed E-state index contributed by atoms with van der Waals surface area (Å²) in [6, 6.07) is -2.36. The highest BCUT2D eigenvalue weighted by Crippen LogP contribution is 2.52. The number of rotatable bonds is 2. The number of hydrogen-bond acceptors (Lipinski definition) is 16. The third-order valence-corrected chi connectivity index (χ3v) is 11.2. The molecule has 4 aromatic heterocycles. The normalized spacial score (nSPS) is 37.1. The van der Waals surface area contributed by atoms with E-state index in [4.69, 9.17) is 41.8 Å². The lowest BCUT2D eigenvalue weighted by Crippen LogP contribution is -2.47. The van der Waals surface area contributed by atoms with Crippen LogP contribution in [-0.4, -0.2) is 104 Å². The smallest absolute Gasteiger partial charge is 0.324 e. The summed E-state index contributed by atoms with van der Waals surface area (Å²) < 4.78 is 39.4. The van der Waals surface area contributed by atoms with Crippen molar-refractivity contribution < 1.29 is 38.2 Å². The number of anilines is 2. The summed E-state index contributed by atoms with van der Waals surface area (Å²) in [5.74, 6) is -0.402. The van der Waals surface area contributed by atoms with Gasteiger partial charge in [-0.05, 0) is 11.8 Å². The molecule has 4 aromatic rings. The number of imidazole rings is 2. The zero-order chi connectivity index (χ0) is 32.7. The number of fused-ring (bicyclic) bond motifs is 4. The zero-order valence-corrected chi connectivity index (χ0v) is 26.5. The molecule has 0 aliphatic carbocycles. The molecule has 22 nitrogen and oxygen atoms in total. The molecule has 0 amide bonds. The Morgan fingerprint density at radius 1 is 0.870 bits per heavy atom. The Balaban J connectivity index is 1.18. The van der Waals surface area contributed by atoms with E-state index in [0.29, 0.717) is 0 Å². The van der Waals surface area contributed by atoms with Crippen molar-refractivity contribution in [2.45, 2.75) is 49.0 Å². The predicted octanol–water partition coefficient (Wildman–Crippen LogP) is -2.85. The van der Waals surface area contributed by atoms with Crippen molar-refractivity contribution in [1.29, 1.82) is 0 Å². The first-order valence-electron chi connectivity index (χ1n) is 13.3. The molecule has 0 radical (unpaired) electrons. The van der Waals surface area contributed by atoms with Gasteiger partial charge in [0.05, 0.1) is 38.0 Å². The number of aromatic nitrogens is 8. The van der Waals surface area contributed by atoms with Gasteiger partial charge in [-0.3, -0.25) is 33.3 Å². The van der Waals surface area contributed by atoms with Crippen LogP contribution in [0.4, 0.5) is 11.9 Å². The molecule has 26 heteroatoms. The van der Waals surface area contributed by atoms with Crippen LogP contribution in [0.2, 0.25) is 0 Å². The summed E-state index contributed by atoms with van der Waals surface area (Å²) in [7, 11) is 0. The molecule has 10 atom stereocenters. The van der Waals surface area contributed by atoms with E-state index in [9.17, 15) is 29.3 Å². The van der Waals surface area contributed by atoms with E-state index in [1.807, 2.05) is 0 Å². The van der Waals surface area contributed by atoms with Crippen LogP contribution in [0.15, 0.2) is 22.2 Å². The number of nitrogens with one attached hydrogen (secondary N) is 4. The number of aromatic amines is 2. The Morgan fingerprint density at radius 2 is 1.33 bits per heavy atom. The molecular formula is C20H26N12O10P2S2. The molecular weight excluding hydrogens is 694 g/mol. The van der Waals surface area contributed by atoms with Gasteiger partial charge in [0.25, 0.3) is 17.8 Å². The minimum Gasteiger partial charge on any atom is -0.387 e. The Kier molecular flexibility index (Phi) is 7.87. The SMILES string of the molecule is Nc1nc2c(ncn2C2OC3COP(O)(=S)NC4C(COP(=O)(S)NC3C2O)OC(n2cnc3c(=O)[nH]c(N)nc32)C4O)c(=O)[nH]1. The number of ether oxygens (including phenoxy) is 2. The fourth-order valence-corrected chi connectivity index (χ4v) is 8.99. The van der Waals surface area contributed by atoms with E-state index < -0.39 is 86.7 Å². The summed E-state index contributed by atoms with van der Waals surface area (Å²) in [5.41, 5.74) is 10.0. The van der Waals surface area contributed by atoms with Crippen molar-refractivity contribution in [3.63, 3.8) is 0 Å². The highest BCUT2D eigenvalue weighted by molar-refractivity contribution is 8.45. The molecule has 248 valence electrons. The molecule has 10 unspecified atom stereocenters. The van der Waals surface area contributed by atoms with Gasteiger partial charge >= 0.3 is 6.72 Å². The molecule has 0 spiro atoms. The van der Waals surface area contributed by atoms with Crippen LogP contribution in [0, 0.1) is 0 Å². The second kappa shape index (κ2) is 11.4. The lowest BCUT2D eigenvalue weighted by Gasteiger charge is -2.31. The maximum Gasteiger partial charge on any atom is 0.324 e. The fraction of sp³-hybridized carbons (Fsp3) is 0.500. The topological polar surface area (TPSA) is 318 Å². The number of nitrogens with zero attached hydrogens (tertiary/aromatic N) is 6. The van der Waals surface area contributed by atoms with Crippen molar-refractivity contribution in [1.82, 2.24) is 49.2 Å². The highest BCUT2D eigenvalue weighted by atomic mass is 32.7. The second-order valence-corrected chi connectivity index (χ2v) is 16.8. The van der Waals surface area contributed by atoms with E-state index in [0.717, 1.165) is 0 Å². The molecule has 0 aromatic carbocycles. The maximum absolute atomic E-state index is 13.6. The van der Waals surface area contributed by atoms with Gasteiger partial charge < -0.3 is 45.1 Å². The van der Waals surface area contributed by atoms with Crippen LogP contribution in [0.1, 0.15) is 12.5 Å². The third kappa shape index (κ3) is 5.57. The zero-order valence-electron chi connectivity index (χ0n) is 23.0. The van der Waals surface area contributed by atoms with Crippen LogP contribution >= 0.6 is 25.6 Å². The Labute approximate surface area is 265 Å². The van der Waals surface area contributed by atoms with Gasteiger partial charge in [0, 0.05) is 0 Å². The number of aliphatic hydroxyl groups excluding tert-OH is 2. The molecule has 0 saturated carbocycles. The minimum atomic E-state index is -4.08. The van der Waals surface area contributed by atoms with Gasteiger partial charge in [-0.2, -0.15) is 9.97 Å². The van der Waals surface area contributed by atoms with Crippen LogP contribution < -0.4 is 32.8 Å². The first kappa shape index (κ1) is 31.8. The van der Waals surface area contributed by atoms with Gasteiger partial charge in [-0.25, -0.2) is 20.1 Å². The molecule has 3 aliphatic heterocycles. The van der Waals surface area contributed by atoms with E-state index >= 15 is 0 Å². The van der Waals surface area contributed by atoms with Crippen LogP contribution in [-0.2, 0) is 34.9 Å². The Bertz CT molecular complexity index is 1910. The average molecular weight is 721 g/mol. The van der Waals surface area contributed by atoms with Gasteiger partial charge in [-0.15, -0.1) is 0 Å². The lowest BCUT2D eigenvalue weighted by molar-refractivity contribution is -0.0467. The number of nitrogen functional groups attached to an aromatic ring is 2. The maximum atomic E-state index is 13.6. The predicted molar refractivity (Wildman–Crippen MR) is 164 cm³/mol. The number of nitrogens with two attached hydrogens (primary N) is 2. The van der Waals surface area contributed by atoms with E-state index in [2.05, 4.69) is 52.3 Å². The quantitative estimate of drug-likeness (QED) is 0.0736. The first-order chi connectivity index (χ1) is 21.7. The summed E-state index contributed by atoms with van der Waals surface area (Å²) in [6.07, 6.45) is -5.28. The molecule has 3 saturated heterocycles. The number of hydrogen-bond donors (Lipinski definition) is 10. The summed E-state index contributed by atoms with van der Waals surface area (Å²) in [4.78, 5) is 56.5. The Morgan fingerprint density at radius 3 is 1.83 bits per heavy atom. The molecule has 3 aliphatic rings. The van der Waals surface area contributed by atoms with Crippen molar-refractivity contribution in [2.24, 2.45) is 0 Å². The molecule has 7 rings (SSSR count). The fourth-order valence-electron chi connectivity index (χ4n) is 5.61. The summed E-state index contributed by atoms with van der Waals surface area (Å²) in [5, 5.41) is 28.0. The third-order valence-electron chi connectivity index (χ3n) is 7.65. The van der Waals surface area contributed by atoms with Crippen LogP contribution in [0.5, 0.6) is 0 Å². The second-order valence-electron chi connectivity index (χ2n) is 10.6. The monoisotopic (exact) mass is 720 g/mol. The Hall–Kier alpha value is -2.83. The van der Waals surface area contributed by atoms with Crippen molar-refractivity contribution in [2.75, 3.05) is 24.7 Å². The van der Waals surface area contributed by atoms with Gasteiger partial charge in [0.15, 0.2) is 34.8 Å². The number of thiol groups is 1. The molecule has 0 bridgehead atoms. The van der Waals surface area contributed by atoms with Crippen LogP contribution in [0.3, 0.4) is 0 Å². The molecule has 46 heavy (non-hydrogen) atoms. The van der Waals surface area contributed by atoms with Gasteiger partial charge in [0.2, 0.25) is 11.9 Å². The number of aliphatic hydroxyl groups is 2. The van der Waals surface area contributed by atoms with E-state index in [-0.39, 0.29) is 34.2 Å². The summed E-state index contributed by atoms with van der Waals surface area (Å²) in [6.45, 7) is -8.96. The van der Waals surface area contributed by atoms with Crippen molar-refractivity contribution in [3.8, 4) is 0 Å². The first-order valence-corrected chi connectivity index (χ1v) is 18.8. The van der Waals surface area contributed by atoms with Crippen molar-refractivity contribution in [3.05, 3.63) is 33.4 Å². The number of H-pyrrole nitrogens is 2. The van der Waals surface area contributed by atoms with Gasteiger partial charge in [0.1, 0.15) is 24.4 Å². The highest BCUT2D eigenvalue weighted by Gasteiger charge is 2.51. The van der Waals surface area contributed by atoms with E-state index in [1.165, 1.54) is 21.8 Å². The summed E-state index contributed by atoms with van der Waals surface area (Å²) >= 11 is 9.51. The average Bonchev–Trinajstić information content (AvgIpc) is 3.72. The standard InChI is InChI=1S/C20H26N12O10P2S2/c21-19-25-13-9(15(35)27-19)23-3-31(13)17-11(33)7-5(41-17)1-39-43(37,45)30-8-6(2-40-44(38,46)29-7)42-18(12(8)34)32-4-24-10-14(32)26-20(22)28-16(10)36/h3-8,11-12,17-18,33-34H,1-2H2,(H2,29,38,46)(H2,30,37,45)(H3,21,25,27,35)(H3,22,26,28,36). The van der Waals surface area contributed by atoms with Gasteiger partial charge in [-0.1, -0.05) is 12.2 Å². The van der Waals surface area contributed by atoms with Crippen molar-refractivity contribution >= 4 is 71.6 Å². The molecule has 7 heterocycles.